The highest BCUT2D eigenvalue weighted by atomic mass is 35.5. The molecule has 0 saturated heterocycles. The van der Waals surface area contributed by atoms with Crippen LogP contribution in [0.3, 0.4) is 0 Å². The van der Waals surface area contributed by atoms with Gasteiger partial charge >= 0.3 is 12.0 Å². The number of nitrogens with zero attached hydrogens (tertiary/aromatic N) is 4. The van der Waals surface area contributed by atoms with Gasteiger partial charge in [0.2, 0.25) is 0 Å². The molecule has 3 aromatic rings. The number of benzene rings is 2. The van der Waals surface area contributed by atoms with Gasteiger partial charge in [-0.25, -0.2) is 14.8 Å². The Morgan fingerprint density at radius 2 is 1.82 bits per heavy atom. The minimum absolute atomic E-state index is 0.0422. The van der Waals surface area contributed by atoms with Gasteiger partial charge in [-0.3, -0.25) is 0 Å². The molecule has 0 N–H and O–H groups in total. The van der Waals surface area contributed by atoms with Crippen molar-refractivity contribution in [3.8, 4) is 6.01 Å². The van der Waals surface area contributed by atoms with E-state index in [-0.39, 0.29) is 17.5 Å². The van der Waals surface area contributed by atoms with E-state index in [4.69, 9.17) is 26.2 Å². The quantitative estimate of drug-likeness (QED) is 0.436. The SMILES string of the molecule is CCOc1ncc(C(=O)OC(C)(C)C)c(N2CC(c3ccccc3)C(c3ccc(Cl)cc3)=N2)n1. The zero-order chi connectivity index (χ0) is 24.3. The summed E-state index contributed by atoms with van der Waals surface area (Å²) in [5.41, 5.74) is 2.47. The Morgan fingerprint density at radius 1 is 1.12 bits per heavy atom. The number of hydrogen-bond acceptors (Lipinski definition) is 7. The molecule has 0 amide bonds. The molecular formula is C26H27ClN4O3. The Bertz CT molecular complexity index is 1190. The fourth-order valence-electron chi connectivity index (χ4n) is 3.69. The fraction of sp³-hybridized carbons (Fsp3) is 0.308. The molecule has 34 heavy (non-hydrogen) atoms. The molecule has 0 spiro atoms. The largest absolute Gasteiger partial charge is 0.464 e. The highest BCUT2D eigenvalue weighted by Gasteiger charge is 2.34. The molecule has 0 aliphatic carbocycles. The lowest BCUT2D eigenvalue weighted by atomic mass is 9.91. The standard InChI is InChI=1S/C26H27ClN4O3/c1-5-33-25-28-15-20(24(32)34-26(2,3)4)23(29-25)31-16-21(17-9-7-6-8-10-17)22(30-31)18-11-13-19(27)14-12-18/h6-15,21H,5,16H2,1-4H3. The first kappa shape index (κ1) is 23.7. The van der Waals surface area contributed by atoms with E-state index in [2.05, 4.69) is 22.1 Å². The lowest BCUT2D eigenvalue weighted by Crippen LogP contribution is -2.27. The van der Waals surface area contributed by atoms with Crippen LogP contribution in [-0.4, -0.2) is 40.4 Å². The van der Waals surface area contributed by atoms with Crippen molar-refractivity contribution in [2.24, 2.45) is 5.10 Å². The highest BCUT2D eigenvalue weighted by molar-refractivity contribution is 6.30. The molecule has 0 bridgehead atoms. The highest BCUT2D eigenvalue weighted by Crippen LogP contribution is 2.34. The van der Waals surface area contributed by atoms with E-state index in [1.54, 1.807) is 5.01 Å². The number of rotatable bonds is 6. The Morgan fingerprint density at radius 3 is 2.47 bits per heavy atom. The average Bonchev–Trinajstić information content (AvgIpc) is 3.24. The topological polar surface area (TPSA) is 76.9 Å². The zero-order valence-electron chi connectivity index (χ0n) is 19.7. The van der Waals surface area contributed by atoms with Gasteiger partial charge in [-0.15, -0.1) is 0 Å². The fourth-order valence-corrected chi connectivity index (χ4v) is 3.82. The second-order valence-electron chi connectivity index (χ2n) is 8.86. The van der Waals surface area contributed by atoms with Gasteiger partial charge in [0.25, 0.3) is 0 Å². The molecular weight excluding hydrogens is 452 g/mol. The Balaban J connectivity index is 1.80. The normalized spacial score (nSPS) is 15.7. The van der Waals surface area contributed by atoms with Crippen molar-refractivity contribution < 1.29 is 14.3 Å². The van der Waals surface area contributed by atoms with Crippen molar-refractivity contribution in [3.63, 3.8) is 0 Å². The van der Waals surface area contributed by atoms with Crippen molar-refractivity contribution in [1.29, 1.82) is 0 Å². The zero-order valence-corrected chi connectivity index (χ0v) is 20.4. The number of aromatic nitrogens is 2. The number of hydrazone groups is 1. The Kier molecular flexibility index (Phi) is 6.84. The van der Waals surface area contributed by atoms with Crippen LogP contribution in [0.25, 0.3) is 0 Å². The second-order valence-corrected chi connectivity index (χ2v) is 9.30. The molecule has 2 heterocycles. The van der Waals surface area contributed by atoms with Crippen molar-refractivity contribution in [1.82, 2.24) is 9.97 Å². The van der Waals surface area contributed by atoms with Gasteiger partial charge in [-0.2, -0.15) is 10.1 Å². The van der Waals surface area contributed by atoms with Crippen molar-refractivity contribution in [3.05, 3.63) is 82.5 Å². The van der Waals surface area contributed by atoms with Crippen LogP contribution in [-0.2, 0) is 4.74 Å². The summed E-state index contributed by atoms with van der Waals surface area (Å²) in [5, 5.41) is 7.29. The molecule has 1 atom stereocenters. The van der Waals surface area contributed by atoms with Gasteiger partial charge in [0.1, 0.15) is 11.2 Å². The summed E-state index contributed by atoms with van der Waals surface area (Å²) in [5.74, 6) is -0.214. The summed E-state index contributed by atoms with van der Waals surface area (Å²) < 4.78 is 11.1. The first-order valence-corrected chi connectivity index (χ1v) is 11.5. The first-order valence-electron chi connectivity index (χ1n) is 11.2. The molecule has 8 heteroatoms. The van der Waals surface area contributed by atoms with Crippen LogP contribution in [0.4, 0.5) is 5.82 Å². The van der Waals surface area contributed by atoms with E-state index in [9.17, 15) is 4.79 Å². The Labute approximate surface area is 204 Å². The van der Waals surface area contributed by atoms with Crippen LogP contribution >= 0.6 is 11.6 Å². The number of anilines is 1. The van der Waals surface area contributed by atoms with Gasteiger partial charge in [-0.05, 0) is 51.0 Å². The Hall–Kier alpha value is -3.45. The molecule has 1 unspecified atom stereocenters. The molecule has 0 fully saturated rings. The average molecular weight is 479 g/mol. The summed E-state index contributed by atoms with van der Waals surface area (Å²) in [7, 11) is 0. The predicted octanol–water partition coefficient (Wildman–Crippen LogP) is 5.49. The first-order chi connectivity index (χ1) is 16.2. The minimum Gasteiger partial charge on any atom is -0.464 e. The monoisotopic (exact) mass is 478 g/mol. The van der Waals surface area contributed by atoms with Crippen LogP contribution < -0.4 is 9.75 Å². The van der Waals surface area contributed by atoms with E-state index in [0.717, 1.165) is 16.8 Å². The second kappa shape index (κ2) is 9.81. The number of ether oxygens (including phenoxy) is 2. The summed E-state index contributed by atoms with van der Waals surface area (Å²) in [4.78, 5) is 21.7. The molecule has 7 nitrogen and oxygen atoms in total. The van der Waals surface area contributed by atoms with Crippen molar-refractivity contribution in [2.75, 3.05) is 18.2 Å². The van der Waals surface area contributed by atoms with Gasteiger partial charge in [0.15, 0.2) is 5.82 Å². The van der Waals surface area contributed by atoms with Gasteiger partial charge in [0.05, 0.1) is 25.1 Å². The van der Waals surface area contributed by atoms with Gasteiger partial charge in [0, 0.05) is 10.9 Å². The van der Waals surface area contributed by atoms with Gasteiger partial charge < -0.3 is 9.47 Å². The molecule has 4 rings (SSSR count). The molecule has 0 saturated carbocycles. The summed E-state index contributed by atoms with van der Waals surface area (Å²) in [6.45, 7) is 8.19. The maximum Gasteiger partial charge on any atom is 0.344 e. The summed E-state index contributed by atoms with van der Waals surface area (Å²) in [6, 6.07) is 17.9. The molecule has 0 radical (unpaired) electrons. The molecule has 2 aromatic carbocycles. The number of carbonyl (C=O) groups excluding carboxylic acids is 1. The van der Waals surface area contributed by atoms with E-state index < -0.39 is 11.6 Å². The van der Waals surface area contributed by atoms with Crippen LogP contribution in [0.5, 0.6) is 6.01 Å². The number of carbonyl (C=O) groups is 1. The third-order valence-corrected chi connectivity index (χ3v) is 5.39. The van der Waals surface area contributed by atoms with E-state index >= 15 is 0 Å². The molecule has 1 aromatic heterocycles. The number of esters is 1. The lowest BCUT2D eigenvalue weighted by Gasteiger charge is -2.22. The van der Waals surface area contributed by atoms with E-state index in [0.29, 0.717) is 24.0 Å². The maximum atomic E-state index is 13.0. The van der Waals surface area contributed by atoms with Crippen LogP contribution in [0.2, 0.25) is 5.02 Å². The van der Waals surface area contributed by atoms with E-state index in [1.807, 2.05) is 70.2 Å². The number of halogens is 1. The van der Waals surface area contributed by atoms with Crippen molar-refractivity contribution >= 4 is 29.1 Å². The number of hydrogen-bond donors (Lipinski definition) is 0. The third kappa shape index (κ3) is 5.37. The maximum absolute atomic E-state index is 13.0. The summed E-state index contributed by atoms with van der Waals surface area (Å²) in [6.07, 6.45) is 1.44. The molecule has 1 aliphatic rings. The van der Waals surface area contributed by atoms with E-state index in [1.165, 1.54) is 6.20 Å². The third-order valence-electron chi connectivity index (χ3n) is 5.14. The molecule has 176 valence electrons. The van der Waals surface area contributed by atoms with Crippen molar-refractivity contribution in [2.45, 2.75) is 39.2 Å². The van der Waals surface area contributed by atoms with Crippen LogP contribution in [0, 0.1) is 0 Å². The van der Waals surface area contributed by atoms with Crippen LogP contribution in [0.15, 0.2) is 65.9 Å². The summed E-state index contributed by atoms with van der Waals surface area (Å²) >= 11 is 6.12. The van der Waals surface area contributed by atoms with Crippen LogP contribution in [0.1, 0.15) is 55.1 Å². The lowest BCUT2D eigenvalue weighted by molar-refractivity contribution is 0.00693. The van der Waals surface area contributed by atoms with Gasteiger partial charge in [-0.1, -0.05) is 54.1 Å². The molecule has 1 aliphatic heterocycles. The smallest absolute Gasteiger partial charge is 0.344 e. The minimum atomic E-state index is -0.664. The predicted molar refractivity (Wildman–Crippen MR) is 133 cm³/mol.